The van der Waals surface area contributed by atoms with Gasteiger partial charge in [-0.1, -0.05) is 29.8 Å². The standard InChI is InChI=1S/C15H22N2O2/c1-11-4-6-13(7-5-11)12(2)17(3)14(18)15(16)8-9-19-10-15/h4-7,12H,8-10,16H2,1-3H3. The lowest BCUT2D eigenvalue weighted by Gasteiger charge is -2.32. The molecule has 1 aromatic carbocycles. The van der Waals surface area contributed by atoms with Crippen LogP contribution in [0.2, 0.25) is 0 Å². The lowest BCUT2D eigenvalue weighted by Crippen LogP contribution is -2.55. The summed E-state index contributed by atoms with van der Waals surface area (Å²) in [6.45, 7) is 4.95. The highest BCUT2D eigenvalue weighted by Gasteiger charge is 2.41. The number of amides is 1. The molecular weight excluding hydrogens is 240 g/mol. The topological polar surface area (TPSA) is 55.6 Å². The van der Waals surface area contributed by atoms with Crippen LogP contribution >= 0.6 is 0 Å². The van der Waals surface area contributed by atoms with Crippen LogP contribution < -0.4 is 5.73 Å². The largest absolute Gasteiger partial charge is 0.379 e. The van der Waals surface area contributed by atoms with Crippen LogP contribution in [0.15, 0.2) is 24.3 Å². The van der Waals surface area contributed by atoms with Gasteiger partial charge in [-0.15, -0.1) is 0 Å². The Morgan fingerprint density at radius 2 is 2.05 bits per heavy atom. The minimum atomic E-state index is -0.853. The minimum Gasteiger partial charge on any atom is -0.379 e. The third-order valence-electron chi connectivity index (χ3n) is 3.94. The molecule has 1 aliphatic heterocycles. The molecule has 104 valence electrons. The molecule has 1 aliphatic rings. The molecule has 0 radical (unpaired) electrons. The molecule has 2 rings (SSSR count). The number of carbonyl (C=O) groups excluding carboxylic acids is 1. The molecule has 4 heteroatoms. The maximum atomic E-state index is 12.5. The van der Waals surface area contributed by atoms with Crippen molar-refractivity contribution in [3.63, 3.8) is 0 Å². The number of benzene rings is 1. The fourth-order valence-electron chi connectivity index (χ4n) is 2.35. The third kappa shape index (κ3) is 2.80. The van der Waals surface area contributed by atoms with Crippen LogP contribution in [-0.4, -0.2) is 36.6 Å². The van der Waals surface area contributed by atoms with Crippen LogP contribution in [0.3, 0.4) is 0 Å². The Hall–Kier alpha value is -1.39. The minimum absolute atomic E-state index is 0.00845. The third-order valence-corrected chi connectivity index (χ3v) is 3.94. The predicted octanol–water partition coefficient (Wildman–Crippen LogP) is 1.63. The molecule has 2 N–H and O–H groups in total. The molecule has 1 saturated heterocycles. The summed E-state index contributed by atoms with van der Waals surface area (Å²) < 4.78 is 5.26. The molecule has 2 unspecified atom stereocenters. The highest BCUT2D eigenvalue weighted by atomic mass is 16.5. The van der Waals surface area contributed by atoms with Crippen molar-refractivity contribution in [2.24, 2.45) is 5.73 Å². The molecular formula is C15H22N2O2. The predicted molar refractivity (Wildman–Crippen MR) is 74.7 cm³/mol. The van der Waals surface area contributed by atoms with Gasteiger partial charge in [0.15, 0.2) is 0 Å². The zero-order chi connectivity index (χ0) is 14.0. The fourth-order valence-corrected chi connectivity index (χ4v) is 2.35. The number of aryl methyl sites for hydroxylation is 1. The quantitative estimate of drug-likeness (QED) is 0.901. The Bertz CT molecular complexity index is 450. The van der Waals surface area contributed by atoms with Gasteiger partial charge >= 0.3 is 0 Å². The van der Waals surface area contributed by atoms with E-state index in [0.717, 1.165) is 5.56 Å². The summed E-state index contributed by atoms with van der Waals surface area (Å²) in [5, 5.41) is 0. The Balaban J connectivity index is 2.12. The van der Waals surface area contributed by atoms with Crippen molar-refractivity contribution in [3.8, 4) is 0 Å². The molecule has 1 heterocycles. The van der Waals surface area contributed by atoms with Gasteiger partial charge in [-0.25, -0.2) is 0 Å². The first-order valence-electron chi connectivity index (χ1n) is 6.64. The van der Waals surface area contributed by atoms with E-state index in [0.29, 0.717) is 19.6 Å². The molecule has 2 atom stereocenters. The van der Waals surface area contributed by atoms with E-state index in [2.05, 4.69) is 24.3 Å². The van der Waals surface area contributed by atoms with Gasteiger partial charge in [-0.2, -0.15) is 0 Å². The van der Waals surface area contributed by atoms with Gasteiger partial charge in [-0.05, 0) is 25.8 Å². The number of hydrogen-bond acceptors (Lipinski definition) is 3. The van der Waals surface area contributed by atoms with Crippen molar-refractivity contribution < 1.29 is 9.53 Å². The maximum absolute atomic E-state index is 12.5. The van der Waals surface area contributed by atoms with E-state index in [1.54, 1.807) is 11.9 Å². The average Bonchev–Trinajstić information content (AvgIpc) is 2.85. The molecule has 0 bridgehead atoms. The van der Waals surface area contributed by atoms with Gasteiger partial charge in [-0.3, -0.25) is 4.79 Å². The molecule has 1 fully saturated rings. The van der Waals surface area contributed by atoms with Gasteiger partial charge in [0.1, 0.15) is 5.54 Å². The first kappa shape index (κ1) is 14.0. The smallest absolute Gasteiger partial charge is 0.245 e. The van der Waals surface area contributed by atoms with Crippen LogP contribution in [0.25, 0.3) is 0 Å². The van der Waals surface area contributed by atoms with Crippen molar-refractivity contribution in [1.82, 2.24) is 4.90 Å². The normalized spacial score (nSPS) is 24.2. The molecule has 0 aromatic heterocycles. The lowest BCUT2D eigenvalue weighted by molar-refractivity contribution is -0.137. The Morgan fingerprint density at radius 1 is 1.42 bits per heavy atom. The van der Waals surface area contributed by atoms with E-state index in [1.165, 1.54) is 5.56 Å². The van der Waals surface area contributed by atoms with Crippen LogP contribution in [0.1, 0.15) is 30.5 Å². The zero-order valence-corrected chi connectivity index (χ0v) is 11.8. The number of rotatable bonds is 3. The van der Waals surface area contributed by atoms with Crippen LogP contribution in [0.4, 0.5) is 0 Å². The van der Waals surface area contributed by atoms with Gasteiger partial charge < -0.3 is 15.4 Å². The van der Waals surface area contributed by atoms with Crippen molar-refractivity contribution >= 4 is 5.91 Å². The SMILES string of the molecule is Cc1ccc(C(C)N(C)C(=O)C2(N)CCOC2)cc1. The molecule has 0 saturated carbocycles. The second kappa shape index (κ2) is 5.31. The van der Waals surface area contributed by atoms with Crippen LogP contribution in [0, 0.1) is 6.92 Å². The monoisotopic (exact) mass is 262 g/mol. The zero-order valence-electron chi connectivity index (χ0n) is 11.8. The fraction of sp³-hybridized carbons (Fsp3) is 0.533. The van der Waals surface area contributed by atoms with Crippen molar-refractivity contribution in [2.45, 2.75) is 31.8 Å². The van der Waals surface area contributed by atoms with Crippen LogP contribution in [-0.2, 0) is 9.53 Å². The molecule has 1 aromatic rings. The number of nitrogens with two attached hydrogens (primary N) is 1. The molecule has 0 aliphatic carbocycles. The van der Waals surface area contributed by atoms with Crippen LogP contribution in [0.5, 0.6) is 0 Å². The van der Waals surface area contributed by atoms with Gasteiger partial charge in [0.2, 0.25) is 5.91 Å². The van der Waals surface area contributed by atoms with Crippen molar-refractivity contribution in [2.75, 3.05) is 20.3 Å². The average molecular weight is 262 g/mol. The second-order valence-corrected chi connectivity index (χ2v) is 5.46. The lowest BCUT2D eigenvalue weighted by atomic mass is 9.96. The number of nitrogens with zero attached hydrogens (tertiary/aromatic N) is 1. The van der Waals surface area contributed by atoms with Gasteiger partial charge in [0, 0.05) is 13.7 Å². The highest BCUT2D eigenvalue weighted by Crippen LogP contribution is 2.25. The van der Waals surface area contributed by atoms with Crippen molar-refractivity contribution in [1.29, 1.82) is 0 Å². The highest BCUT2D eigenvalue weighted by molar-refractivity contribution is 5.86. The van der Waals surface area contributed by atoms with Gasteiger partial charge in [0.05, 0.1) is 12.6 Å². The van der Waals surface area contributed by atoms with E-state index in [4.69, 9.17) is 10.5 Å². The van der Waals surface area contributed by atoms with Gasteiger partial charge in [0.25, 0.3) is 0 Å². The summed E-state index contributed by atoms with van der Waals surface area (Å²) in [6, 6.07) is 8.23. The Labute approximate surface area is 114 Å². The Kier molecular flexibility index (Phi) is 3.92. The van der Waals surface area contributed by atoms with E-state index in [1.807, 2.05) is 13.8 Å². The first-order chi connectivity index (χ1) is 8.94. The number of likely N-dealkylation sites (N-methyl/N-ethyl adjacent to an activating group) is 1. The summed E-state index contributed by atoms with van der Waals surface area (Å²) in [7, 11) is 1.81. The molecule has 0 spiro atoms. The van der Waals surface area contributed by atoms with E-state index in [-0.39, 0.29) is 11.9 Å². The molecule has 1 amide bonds. The van der Waals surface area contributed by atoms with E-state index < -0.39 is 5.54 Å². The van der Waals surface area contributed by atoms with Crippen molar-refractivity contribution in [3.05, 3.63) is 35.4 Å². The number of hydrogen-bond donors (Lipinski definition) is 1. The summed E-state index contributed by atoms with van der Waals surface area (Å²) in [5.74, 6) is -0.0434. The first-order valence-corrected chi connectivity index (χ1v) is 6.64. The second-order valence-electron chi connectivity index (χ2n) is 5.46. The number of ether oxygens (including phenoxy) is 1. The Morgan fingerprint density at radius 3 is 2.58 bits per heavy atom. The number of carbonyl (C=O) groups is 1. The summed E-state index contributed by atoms with van der Waals surface area (Å²) in [5.41, 5.74) is 7.60. The maximum Gasteiger partial charge on any atom is 0.245 e. The molecule has 4 nitrogen and oxygen atoms in total. The summed E-state index contributed by atoms with van der Waals surface area (Å²) in [6.07, 6.45) is 0.594. The summed E-state index contributed by atoms with van der Waals surface area (Å²) >= 11 is 0. The molecule has 19 heavy (non-hydrogen) atoms. The summed E-state index contributed by atoms with van der Waals surface area (Å²) in [4.78, 5) is 14.2. The van der Waals surface area contributed by atoms with E-state index in [9.17, 15) is 4.79 Å². The van der Waals surface area contributed by atoms with E-state index >= 15 is 0 Å².